The van der Waals surface area contributed by atoms with E-state index in [9.17, 15) is 13.2 Å². The molecule has 0 bridgehead atoms. The maximum absolute atomic E-state index is 11.9. The Morgan fingerprint density at radius 2 is 2.05 bits per heavy atom. The SMILES string of the molecule is FC(F)(F)COCCCNc1ccc(Cl)c2cccnc12. The Labute approximate surface area is 125 Å². The van der Waals surface area contributed by atoms with Crippen LogP contribution in [0.4, 0.5) is 18.9 Å². The molecular weight excluding hydrogens is 305 g/mol. The summed E-state index contributed by atoms with van der Waals surface area (Å²) in [4.78, 5) is 4.26. The zero-order valence-corrected chi connectivity index (χ0v) is 11.8. The molecule has 0 fully saturated rings. The molecule has 1 N–H and O–H groups in total. The molecule has 0 aliphatic carbocycles. The van der Waals surface area contributed by atoms with Crippen LogP contribution in [-0.4, -0.2) is 30.9 Å². The lowest BCUT2D eigenvalue weighted by Crippen LogP contribution is -2.18. The number of hydrogen-bond donors (Lipinski definition) is 1. The van der Waals surface area contributed by atoms with Crippen molar-refractivity contribution < 1.29 is 17.9 Å². The van der Waals surface area contributed by atoms with Crippen LogP contribution < -0.4 is 5.32 Å². The number of anilines is 1. The van der Waals surface area contributed by atoms with E-state index in [2.05, 4.69) is 15.0 Å². The van der Waals surface area contributed by atoms with Gasteiger partial charge in [-0.3, -0.25) is 4.98 Å². The zero-order chi connectivity index (χ0) is 15.3. The quantitative estimate of drug-likeness (QED) is 0.808. The molecule has 114 valence electrons. The second-order valence-electron chi connectivity index (χ2n) is 4.44. The molecule has 7 heteroatoms. The minimum atomic E-state index is -4.27. The fraction of sp³-hybridized carbons (Fsp3) is 0.357. The Hall–Kier alpha value is -1.53. The number of rotatable bonds is 6. The molecule has 21 heavy (non-hydrogen) atoms. The second kappa shape index (κ2) is 6.95. The normalized spacial score (nSPS) is 11.8. The van der Waals surface area contributed by atoms with Crippen molar-refractivity contribution in [2.24, 2.45) is 0 Å². The summed E-state index contributed by atoms with van der Waals surface area (Å²) in [5.74, 6) is 0. The summed E-state index contributed by atoms with van der Waals surface area (Å²) < 4.78 is 40.2. The number of nitrogens with zero attached hydrogens (tertiary/aromatic N) is 1. The largest absolute Gasteiger partial charge is 0.411 e. The van der Waals surface area contributed by atoms with Crippen LogP contribution in [0.5, 0.6) is 0 Å². The third-order valence-corrected chi connectivity index (χ3v) is 3.09. The summed E-state index contributed by atoms with van der Waals surface area (Å²) in [6.45, 7) is -0.672. The maximum Gasteiger partial charge on any atom is 0.411 e. The predicted molar refractivity (Wildman–Crippen MR) is 76.7 cm³/mol. The summed E-state index contributed by atoms with van der Waals surface area (Å²) >= 11 is 6.08. The first-order valence-corrected chi connectivity index (χ1v) is 6.77. The summed E-state index contributed by atoms with van der Waals surface area (Å²) in [6.07, 6.45) is -2.15. The van der Waals surface area contributed by atoms with Crippen LogP contribution in [0.1, 0.15) is 6.42 Å². The lowest BCUT2D eigenvalue weighted by atomic mass is 10.2. The highest BCUT2D eigenvalue weighted by Crippen LogP contribution is 2.27. The Bertz CT molecular complexity index is 604. The Morgan fingerprint density at radius 1 is 1.24 bits per heavy atom. The van der Waals surface area contributed by atoms with Crippen LogP contribution >= 0.6 is 11.6 Å². The smallest absolute Gasteiger partial charge is 0.383 e. The van der Waals surface area contributed by atoms with Gasteiger partial charge in [0.1, 0.15) is 6.61 Å². The molecule has 1 heterocycles. The number of halogens is 4. The average Bonchev–Trinajstić information content (AvgIpc) is 2.44. The number of fused-ring (bicyclic) bond motifs is 1. The second-order valence-corrected chi connectivity index (χ2v) is 4.85. The topological polar surface area (TPSA) is 34.1 Å². The number of nitrogens with one attached hydrogen (secondary N) is 1. The van der Waals surface area contributed by atoms with Gasteiger partial charge >= 0.3 is 6.18 Å². The monoisotopic (exact) mass is 318 g/mol. The molecule has 2 rings (SSSR count). The highest BCUT2D eigenvalue weighted by atomic mass is 35.5. The van der Waals surface area contributed by atoms with Gasteiger partial charge in [-0.25, -0.2) is 0 Å². The van der Waals surface area contributed by atoms with Crippen LogP contribution in [0.2, 0.25) is 5.02 Å². The molecule has 0 radical (unpaired) electrons. The summed E-state index contributed by atoms with van der Waals surface area (Å²) in [5.41, 5.74) is 1.53. The third kappa shape index (κ3) is 4.75. The van der Waals surface area contributed by atoms with E-state index >= 15 is 0 Å². The first-order valence-electron chi connectivity index (χ1n) is 6.39. The summed E-state index contributed by atoms with van der Waals surface area (Å²) in [7, 11) is 0. The summed E-state index contributed by atoms with van der Waals surface area (Å²) in [5, 5.41) is 4.57. The summed E-state index contributed by atoms with van der Waals surface area (Å²) in [6, 6.07) is 7.22. The molecule has 0 aliphatic rings. The van der Waals surface area contributed by atoms with Crippen molar-refractivity contribution in [2.45, 2.75) is 12.6 Å². The van der Waals surface area contributed by atoms with E-state index in [0.29, 0.717) is 18.0 Å². The molecule has 0 spiro atoms. The minimum Gasteiger partial charge on any atom is -0.383 e. The van der Waals surface area contributed by atoms with Crippen molar-refractivity contribution in [2.75, 3.05) is 25.1 Å². The standard InChI is InChI=1S/C14H14ClF3N2O/c15-11-4-5-12(13-10(11)3-1-6-20-13)19-7-2-8-21-9-14(16,17)18/h1,3-6,19H,2,7-9H2. The third-order valence-electron chi connectivity index (χ3n) is 2.76. The lowest BCUT2D eigenvalue weighted by molar-refractivity contribution is -0.173. The molecule has 0 atom stereocenters. The van der Waals surface area contributed by atoms with Crippen molar-refractivity contribution in [3.05, 3.63) is 35.5 Å². The molecular formula is C14H14ClF3N2O. The average molecular weight is 319 g/mol. The fourth-order valence-corrected chi connectivity index (χ4v) is 2.08. The van der Waals surface area contributed by atoms with Gasteiger partial charge in [0.15, 0.2) is 0 Å². The minimum absolute atomic E-state index is 0.0471. The Morgan fingerprint density at radius 3 is 2.81 bits per heavy atom. The van der Waals surface area contributed by atoms with Gasteiger partial charge in [-0.1, -0.05) is 11.6 Å². The molecule has 0 aliphatic heterocycles. The van der Waals surface area contributed by atoms with E-state index in [4.69, 9.17) is 11.6 Å². The van der Waals surface area contributed by atoms with Crippen LogP contribution in [0.25, 0.3) is 10.9 Å². The molecule has 1 aromatic carbocycles. The molecule has 0 amide bonds. The number of benzene rings is 1. The number of hydrogen-bond acceptors (Lipinski definition) is 3. The lowest BCUT2D eigenvalue weighted by Gasteiger charge is -2.11. The molecule has 2 aromatic rings. The molecule has 0 unspecified atom stereocenters. The van der Waals surface area contributed by atoms with Crippen molar-refractivity contribution in [1.29, 1.82) is 0 Å². The van der Waals surface area contributed by atoms with E-state index in [1.807, 2.05) is 6.07 Å². The van der Waals surface area contributed by atoms with Crippen molar-refractivity contribution in [3.63, 3.8) is 0 Å². The highest BCUT2D eigenvalue weighted by molar-refractivity contribution is 6.35. The van der Waals surface area contributed by atoms with Gasteiger partial charge in [0.2, 0.25) is 0 Å². The van der Waals surface area contributed by atoms with Gasteiger partial charge in [-0.05, 0) is 30.7 Å². The van der Waals surface area contributed by atoms with Crippen molar-refractivity contribution in [1.82, 2.24) is 4.98 Å². The highest BCUT2D eigenvalue weighted by Gasteiger charge is 2.27. The first kappa shape index (κ1) is 15.9. The van der Waals surface area contributed by atoms with E-state index in [0.717, 1.165) is 16.6 Å². The number of aromatic nitrogens is 1. The van der Waals surface area contributed by atoms with Crippen LogP contribution in [0.3, 0.4) is 0 Å². The van der Waals surface area contributed by atoms with E-state index in [-0.39, 0.29) is 6.61 Å². The molecule has 0 saturated carbocycles. The number of ether oxygens (including phenoxy) is 1. The van der Waals surface area contributed by atoms with Gasteiger partial charge < -0.3 is 10.1 Å². The number of pyridine rings is 1. The van der Waals surface area contributed by atoms with E-state index < -0.39 is 12.8 Å². The van der Waals surface area contributed by atoms with Crippen LogP contribution in [0, 0.1) is 0 Å². The van der Waals surface area contributed by atoms with Crippen LogP contribution in [0.15, 0.2) is 30.5 Å². The molecule has 3 nitrogen and oxygen atoms in total. The van der Waals surface area contributed by atoms with Gasteiger partial charge in [-0.2, -0.15) is 13.2 Å². The molecule has 0 saturated heterocycles. The Kier molecular flexibility index (Phi) is 5.25. The van der Waals surface area contributed by atoms with E-state index in [1.54, 1.807) is 24.4 Å². The Balaban J connectivity index is 1.86. The van der Waals surface area contributed by atoms with Gasteiger partial charge in [-0.15, -0.1) is 0 Å². The van der Waals surface area contributed by atoms with Crippen molar-refractivity contribution >= 4 is 28.2 Å². The van der Waals surface area contributed by atoms with E-state index in [1.165, 1.54) is 0 Å². The number of alkyl halides is 3. The van der Waals surface area contributed by atoms with Crippen molar-refractivity contribution in [3.8, 4) is 0 Å². The first-order chi connectivity index (χ1) is 9.97. The van der Waals surface area contributed by atoms with Gasteiger partial charge in [0.05, 0.1) is 16.2 Å². The van der Waals surface area contributed by atoms with Gasteiger partial charge in [0, 0.05) is 24.7 Å². The predicted octanol–water partition coefficient (Wildman–Crippen LogP) is 4.27. The van der Waals surface area contributed by atoms with Crippen LogP contribution in [-0.2, 0) is 4.74 Å². The van der Waals surface area contributed by atoms with Gasteiger partial charge in [0.25, 0.3) is 0 Å². The zero-order valence-electron chi connectivity index (χ0n) is 11.1. The maximum atomic E-state index is 11.9. The fourth-order valence-electron chi connectivity index (χ4n) is 1.87. The molecule has 1 aromatic heterocycles.